The maximum Gasteiger partial charge on any atom is 0.416 e. The molecule has 0 fully saturated rings. The van der Waals surface area contributed by atoms with Crippen LogP contribution in [-0.4, -0.2) is 35.1 Å². The zero-order valence-corrected chi connectivity index (χ0v) is 12.8. The second kappa shape index (κ2) is 5.73. The van der Waals surface area contributed by atoms with Gasteiger partial charge in [0.05, 0.1) is 23.3 Å². The maximum absolute atomic E-state index is 12.7. The molecule has 1 N–H and O–H groups in total. The fraction of sp³-hybridized carbons (Fsp3) is 0.462. The molecule has 0 aromatic heterocycles. The van der Waals surface area contributed by atoms with Gasteiger partial charge in [0.15, 0.2) is 0 Å². The number of hydrogen-bond acceptors (Lipinski definition) is 2. The van der Waals surface area contributed by atoms with Crippen molar-refractivity contribution in [1.29, 1.82) is 0 Å². The molecule has 0 unspecified atom stereocenters. The van der Waals surface area contributed by atoms with E-state index in [2.05, 4.69) is 15.9 Å². The van der Waals surface area contributed by atoms with E-state index in [9.17, 15) is 23.1 Å². The molecule has 1 aromatic rings. The second-order valence-electron chi connectivity index (χ2n) is 5.03. The average molecular weight is 354 g/mol. The molecule has 1 amide bonds. The minimum atomic E-state index is -4.51. The van der Waals surface area contributed by atoms with E-state index in [-0.39, 0.29) is 16.6 Å². The first-order valence-electron chi connectivity index (χ1n) is 5.76. The van der Waals surface area contributed by atoms with Crippen LogP contribution in [0.15, 0.2) is 22.7 Å². The summed E-state index contributed by atoms with van der Waals surface area (Å²) < 4.78 is 38.3. The van der Waals surface area contributed by atoms with Crippen LogP contribution in [0.25, 0.3) is 0 Å². The zero-order chi connectivity index (χ0) is 15.7. The molecule has 0 spiro atoms. The van der Waals surface area contributed by atoms with Gasteiger partial charge in [0, 0.05) is 11.5 Å². The highest BCUT2D eigenvalue weighted by molar-refractivity contribution is 9.10. The quantitative estimate of drug-likeness (QED) is 0.905. The Balaban J connectivity index is 3.23. The Kier molecular flexibility index (Phi) is 4.86. The lowest BCUT2D eigenvalue weighted by atomic mass is 10.0. The van der Waals surface area contributed by atoms with Crippen molar-refractivity contribution in [3.8, 4) is 0 Å². The van der Waals surface area contributed by atoms with E-state index in [1.807, 2.05) is 0 Å². The number of halogens is 4. The molecule has 0 radical (unpaired) electrons. The van der Waals surface area contributed by atoms with Gasteiger partial charge in [-0.25, -0.2) is 0 Å². The topological polar surface area (TPSA) is 40.5 Å². The Hall–Kier alpha value is -1.08. The first-order valence-corrected chi connectivity index (χ1v) is 6.56. The van der Waals surface area contributed by atoms with Gasteiger partial charge in [0.2, 0.25) is 0 Å². The van der Waals surface area contributed by atoms with Crippen molar-refractivity contribution >= 4 is 21.8 Å². The maximum atomic E-state index is 12.7. The van der Waals surface area contributed by atoms with Crippen molar-refractivity contribution in [1.82, 2.24) is 4.90 Å². The van der Waals surface area contributed by atoms with Gasteiger partial charge in [-0.05, 0) is 48.0 Å². The van der Waals surface area contributed by atoms with E-state index < -0.39 is 23.2 Å². The van der Waals surface area contributed by atoms with Gasteiger partial charge in [-0.2, -0.15) is 13.2 Å². The molecule has 0 saturated carbocycles. The van der Waals surface area contributed by atoms with Gasteiger partial charge in [0.1, 0.15) is 0 Å². The molecule has 0 aliphatic rings. The molecule has 0 atom stereocenters. The highest BCUT2D eigenvalue weighted by Gasteiger charge is 2.33. The van der Waals surface area contributed by atoms with Crippen LogP contribution in [0.3, 0.4) is 0 Å². The van der Waals surface area contributed by atoms with Crippen molar-refractivity contribution in [3.05, 3.63) is 33.8 Å². The van der Waals surface area contributed by atoms with E-state index in [1.54, 1.807) is 13.8 Å². The number of nitrogens with zero attached hydrogens (tertiary/aromatic N) is 1. The van der Waals surface area contributed by atoms with Crippen LogP contribution in [0.5, 0.6) is 0 Å². The number of aliphatic hydroxyl groups excluding tert-OH is 1. The fourth-order valence-corrected chi connectivity index (χ4v) is 1.84. The Bertz CT molecular complexity index is 515. The van der Waals surface area contributed by atoms with Crippen molar-refractivity contribution in [3.63, 3.8) is 0 Å². The standard InChI is InChI=1S/C13H15BrF3NO2/c1-12(2,7-19)18(3)11(20)9-6-8(13(15,16)17)4-5-10(9)14/h4-6,19H,7H2,1-3H3. The molecule has 7 heteroatoms. The molecule has 20 heavy (non-hydrogen) atoms. The number of rotatable bonds is 3. The smallest absolute Gasteiger partial charge is 0.394 e. The largest absolute Gasteiger partial charge is 0.416 e. The van der Waals surface area contributed by atoms with Crippen LogP contribution in [0, 0.1) is 0 Å². The van der Waals surface area contributed by atoms with Gasteiger partial charge in [-0.3, -0.25) is 4.79 Å². The average Bonchev–Trinajstić information content (AvgIpc) is 2.36. The predicted octanol–water partition coefficient (Wildman–Crippen LogP) is 3.31. The van der Waals surface area contributed by atoms with Gasteiger partial charge in [-0.1, -0.05) is 0 Å². The van der Waals surface area contributed by atoms with E-state index in [0.717, 1.165) is 12.1 Å². The molecule has 0 bridgehead atoms. The minimum absolute atomic E-state index is 0.0937. The van der Waals surface area contributed by atoms with Crippen LogP contribution >= 0.6 is 15.9 Å². The summed E-state index contributed by atoms with van der Waals surface area (Å²) in [4.78, 5) is 13.5. The summed E-state index contributed by atoms with van der Waals surface area (Å²) in [5, 5.41) is 9.23. The molecule has 0 aliphatic heterocycles. The van der Waals surface area contributed by atoms with Crippen molar-refractivity contribution in [2.45, 2.75) is 25.6 Å². The third-order valence-electron chi connectivity index (χ3n) is 3.12. The Morgan fingerprint density at radius 3 is 2.35 bits per heavy atom. The lowest BCUT2D eigenvalue weighted by Gasteiger charge is -2.34. The summed E-state index contributed by atoms with van der Waals surface area (Å²) in [5.74, 6) is -0.595. The van der Waals surface area contributed by atoms with Crippen LogP contribution in [0.1, 0.15) is 29.8 Å². The monoisotopic (exact) mass is 353 g/mol. The summed E-state index contributed by atoms with van der Waals surface area (Å²) >= 11 is 3.08. The highest BCUT2D eigenvalue weighted by Crippen LogP contribution is 2.32. The third kappa shape index (κ3) is 3.52. The summed E-state index contributed by atoms with van der Waals surface area (Å²) in [6, 6.07) is 2.89. The van der Waals surface area contributed by atoms with Crippen molar-refractivity contribution < 1.29 is 23.1 Å². The number of carbonyl (C=O) groups excluding carboxylic acids is 1. The van der Waals surface area contributed by atoms with Gasteiger partial charge >= 0.3 is 6.18 Å². The van der Waals surface area contributed by atoms with Gasteiger partial charge < -0.3 is 10.0 Å². The summed E-state index contributed by atoms with van der Waals surface area (Å²) in [6.07, 6.45) is -4.51. The number of amides is 1. The van der Waals surface area contributed by atoms with Crippen molar-refractivity contribution in [2.24, 2.45) is 0 Å². The van der Waals surface area contributed by atoms with E-state index in [4.69, 9.17) is 0 Å². The molecular formula is C13H15BrF3NO2. The Morgan fingerprint density at radius 2 is 1.90 bits per heavy atom. The molecule has 1 aromatic carbocycles. The van der Waals surface area contributed by atoms with Gasteiger partial charge in [-0.15, -0.1) is 0 Å². The number of aliphatic hydroxyl groups is 1. The zero-order valence-electron chi connectivity index (χ0n) is 11.3. The summed E-state index contributed by atoms with van der Waals surface area (Å²) in [6.45, 7) is 2.94. The number of alkyl halides is 3. The molecular weight excluding hydrogens is 339 g/mol. The van der Waals surface area contributed by atoms with Crippen molar-refractivity contribution in [2.75, 3.05) is 13.7 Å². The molecule has 1 rings (SSSR count). The first kappa shape index (κ1) is 17.0. The minimum Gasteiger partial charge on any atom is -0.394 e. The SMILES string of the molecule is CN(C(=O)c1cc(C(F)(F)F)ccc1Br)C(C)(C)CO. The Morgan fingerprint density at radius 1 is 1.35 bits per heavy atom. The fourth-order valence-electron chi connectivity index (χ4n) is 1.43. The van der Waals surface area contributed by atoms with Crippen LogP contribution in [0.2, 0.25) is 0 Å². The van der Waals surface area contributed by atoms with Crippen LogP contribution < -0.4 is 0 Å². The molecule has 3 nitrogen and oxygen atoms in total. The molecule has 0 saturated heterocycles. The number of carbonyl (C=O) groups is 1. The normalized spacial score (nSPS) is 12.4. The van der Waals surface area contributed by atoms with Crippen LogP contribution in [0.4, 0.5) is 13.2 Å². The molecule has 0 aliphatic carbocycles. The summed E-state index contributed by atoms with van der Waals surface area (Å²) in [5.41, 5.74) is -1.85. The lowest BCUT2D eigenvalue weighted by molar-refractivity contribution is -0.137. The van der Waals surface area contributed by atoms with E-state index in [0.29, 0.717) is 0 Å². The molecule has 112 valence electrons. The predicted molar refractivity (Wildman–Crippen MR) is 72.4 cm³/mol. The third-order valence-corrected chi connectivity index (χ3v) is 3.82. The first-order chi connectivity index (χ1) is 9.00. The summed E-state index contributed by atoms with van der Waals surface area (Å²) in [7, 11) is 1.44. The van der Waals surface area contributed by atoms with Crippen LogP contribution in [-0.2, 0) is 6.18 Å². The molecule has 0 heterocycles. The number of hydrogen-bond donors (Lipinski definition) is 1. The van der Waals surface area contributed by atoms with E-state index in [1.165, 1.54) is 18.0 Å². The van der Waals surface area contributed by atoms with Gasteiger partial charge in [0.25, 0.3) is 5.91 Å². The number of benzene rings is 1. The second-order valence-corrected chi connectivity index (χ2v) is 5.88. The number of likely N-dealkylation sites (N-methyl/N-ethyl adjacent to an activating group) is 1. The Labute approximate surface area is 123 Å². The lowest BCUT2D eigenvalue weighted by Crippen LogP contribution is -2.47. The highest BCUT2D eigenvalue weighted by atomic mass is 79.9. The van der Waals surface area contributed by atoms with E-state index >= 15 is 0 Å².